The lowest BCUT2D eigenvalue weighted by atomic mass is 10.1. The third-order valence-corrected chi connectivity index (χ3v) is 7.69. The Morgan fingerprint density at radius 3 is 2.40 bits per heavy atom. The van der Waals surface area contributed by atoms with Crippen molar-refractivity contribution in [2.75, 3.05) is 37.3 Å². The first-order valence-corrected chi connectivity index (χ1v) is 12.8. The fourth-order valence-electron chi connectivity index (χ4n) is 3.70. The molecule has 2 aromatic carbocycles. The molecule has 4 rings (SSSR count). The van der Waals surface area contributed by atoms with Crippen molar-refractivity contribution in [2.24, 2.45) is 0 Å². The molecule has 3 aromatic rings. The SMILES string of the molecule is CCc1cccc2sc(N3CCN(C(=O)Cc4ccc(S(C)(=O)=O)cc4)CC3)nc12. The van der Waals surface area contributed by atoms with Crippen LogP contribution in [0.25, 0.3) is 10.2 Å². The Bertz CT molecular complexity index is 1160. The number of thiazole rings is 1. The lowest BCUT2D eigenvalue weighted by molar-refractivity contribution is -0.130. The van der Waals surface area contributed by atoms with Crippen LogP contribution < -0.4 is 4.90 Å². The number of carbonyl (C=O) groups is 1. The Morgan fingerprint density at radius 1 is 1.07 bits per heavy atom. The third-order valence-electron chi connectivity index (χ3n) is 5.48. The number of para-hydroxylation sites is 1. The lowest BCUT2D eigenvalue weighted by Gasteiger charge is -2.34. The number of nitrogens with zero attached hydrogens (tertiary/aromatic N) is 3. The van der Waals surface area contributed by atoms with Gasteiger partial charge in [-0.1, -0.05) is 42.5 Å². The summed E-state index contributed by atoms with van der Waals surface area (Å²) in [6.07, 6.45) is 2.43. The van der Waals surface area contributed by atoms with Crippen molar-refractivity contribution < 1.29 is 13.2 Å². The van der Waals surface area contributed by atoms with Gasteiger partial charge in [0, 0.05) is 32.4 Å². The number of anilines is 1. The zero-order valence-electron chi connectivity index (χ0n) is 17.2. The molecule has 1 amide bonds. The summed E-state index contributed by atoms with van der Waals surface area (Å²) in [6, 6.07) is 12.9. The lowest BCUT2D eigenvalue weighted by Crippen LogP contribution is -2.49. The maximum absolute atomic E-state index is 12.7. The average Bonchev–Trinajstić information content (AvgIpc) is 3.18. The summed E-state index contributed by atoms with van der Waals surface area (Å²) in [6.45, 7) is 5.00. The largest absolute Gasteiger partial charge is 0.345 e. The first-order valence-electron chi connectivity index (χ1n) is 10.1. The second-order valence-electron chi connectivity index (χ2n) is 7.57. The first-order chi connectivity index (χ1) is 14.3. The van der Waals surface area contributed by atoms with Crippen LogP contribution in [0.15, 0.2) is 47.4 Å². The molecule has 1 aliphatic heterocycles. The minimum Gasteiger partial charge on any atom is -0.345 e. The molecule has 0 atom stereocenters. The Balaban J connectivity index is 1.38. The summed E-state index contributed by atoms with van der Waals surface area (Å²) in [7, 11) is -3.22. The highest BCUT2D eigenvalue weighted by atomic mass is 32.2. The molecule has 0 saturated carbocycles. The van der Waals surface area contributed by atoms with E-state index in [1.54, 1.807) is 35.6 Å². The fourth-order valence-corrected chi connectivity index (χ4v) is 5.40. The Hall–Kier alpha value is -2.45. The molecule has 2 heterocycles. The number of aryl methyl sites for hydroxylation is 1. The molecule has 6 nitrogen and oxygen atoms in total. The van der Waals surface area contributed by atoms with Gasteiger partial charge in [-0.3, -0.25) is 4.79 Å². The molecule has 158 valence electrons. The molecule has 8 heteroatoms. The van der Waals surface area contributed by atoms with Crippen LogP contribution in [0.3, 0.4) is 0 Å². The predicted octanol–water partition coefficient (Wildman–Crippen LogP) is 3.15. The monoisotopic (exact) mass is 443 g/mol. The van der Waals surface area contributed by atoms with E-state index in [1.165, 1.54) is 16.5 Å². The highest BCUT2D eigenvalue weighted by Crippen LogP contribution is 2.31. The van der Waals surface area contributed by atoms with E-state index in [9.17, 15) is 13.2 Å². The Labute approximate surface area is 181 Å². The first kappa shape index (κ1) is 20.8. The molecule has 1 aliphatic rings. The van der Waals surface area contributed by atoms with Crippen LogP contribution in [0.4, 0.5) is 5.13 Å². The summed E-state index contributed by atoms with van der Waals surface area (Å²) in [5.74, 6) is 0.0688. The highest BCUT2D eigenvalue weighted by Gasteiger charge is 2.23. The van der Waals surface area contributed by atoms with Gasteiger partial charge in [-0.2, -0.15) is 0 Å². The number of aromatic nitrogens is 1. The van der Waals surface area contributed by atoms with Crippen LogP contribution in [0.2, 0.25) is 0 Å². The molecule has 0 spiro atoms. The van der Waals surface area contributed by atoms with E-state index in [0.717, 1.165) is 35.7 Å². The van der Waals surface area contributed by atoms with E-state index in [2.05, 4.69) is 30.0 Å². The average molecular weight is 444 g/mol. The maximum Gasteiger partial charge on any atom is 0.227 e. The molecule has 0 bridgehead atoms. The number of fused-ring (bicyclic) bond motifs is 1. The summed E-state index contributed by atoms with van der Waals surface area (Å²) in [4.78, 5) is 22.0. The van der Waals surface area contributed by atoms with E-state index < -0.39 is 9.84 Å². The van der Waals surface area contributed by atoms with Gasteiger partial charge in [-0.05, 0) is 35.7 Å². The zero-order valence-corrected chi connectivity index (χ0v) is 18.8. The van der Waals surface area contributed by atoms with Crippen molar-refractivity contribution in [3.63, 3.8) is 0 Å². The summed E-state index contributed by atoms with van der Waals surface area (Å²) >= 11 is 1.71. The Kier molecular flexibility index (Phi) is 5.79. The van der Waals surface area contributed by atoms with Crippen LogP contribution >= 0.6 is 11.3 Å². The van der Waals surface area contributed by atoms with Crippen LogP contribution in [0.5, 0.6) is 0 Å². The number of carbonyl (C=O) groups excluding carboxylic acids is 1. The standard InChI is InChI=1S/C22H25N3O3S2/c1-3-17-5-4-6-19-21(17)23-22(29-19)25-13-11-24(12-14-25)20(26)15-16-7-9-18(10-8-16)30(2,27)28/h4-10H,3,11-15H2,1-2H3. The van der Waals surface area contributed by atoms with Gasteiger partial charge < -0.3 is 9.80 Å². The van der Waals surface area contributed by atoms with E-state index in [0.29, 0.717) is 13.1 Å². The van der Waals surface area contributed by atoms with E-state index >= 15 is 0 Å². The van der Waals surface area contributed by atoms with Crippen molar-refractivity contribution in [1.29, 1.82) is 0 Å². The third kappa shape index (κ3) is 4.34. The number of benzene rings is 2. The van der Waals surface area contributed by atoms with Crippen molar-refractivity contribution in [3.05, 3.63) is 53.6 Å². The molecule has 0 aliphatic carbocycles. The quantitative estimate of drug-likeness (QED) is 0.606. The van der Waals surface area contributed by atoms with E-state index in [4.69, 9.17) is 4.98 Å². The van der Waals surface area contributed by atoms with Crippen LogP contribution in [0.1, 0.15) is 18.1 Å². The Morgan fingerprint density at radius 2 is 1.77 bits per heavy atom. The van der Waals surface area contributed by atoms with Crippen LogP contribution in [-0.4, -0.2) is 56.6 Å². The number of piperazine rings is 1. The molecule has 0 unspecified atom stereocenters. The highest BCUT2D eigenvalue weighted by molar-refractivity contribution is 7.90. The molecule has 1 saturated heterocycles. The van der Waals surface area contributed by atoms with E-state index in [1.807, 2.05) is 4.90 Å². The fraction of sp³-hybridized carbons (Fsp3) is 0.364. The van der Waals surface area contributed by atoms with Gasteiger partial charge in [0.15, 0.2) is 15.0 Å². The smallest absolute Gasteiger partial charge is 0.227 e. The zero-order chi connectivity index (χ0) is 21.3. The van der Waals surface area contributed by atoms with Gasteiger partial charge in [0.25, 0.3) is 0 Å². The second-order valence-corrected chi connectivity index (χ2v) is 10.6. The normalized spacial score (nSPS) is 15.0. The topological polar surface area (TPSA) is 70.6 Å². The van der Waals surface area contributed by atoms with E-state index in [-0.39, 0.29) is 17.2 Å². The maximum atomic E-state index is 12.7. The van der Waals surface area contributed by atoms with Crippen LogP contribution in [-0.2, 0) is 27.5 Å². The van der Waals surface area contributed by atoms with Gasteiger partial charge in [0.1, 0.15) is 0 Å². The van der Waals surface area contributed by atoms with Gasteiger partial charge in [0.05, 0.1) is 21.5 Å². The molecule has 30 heavy (non-hydrogen) atoms. The second kappa shape index (κ2) is 8.35. The van der Waals surface area contributed by atoms with Gasteiger partial charge in [-0.15, -0.1) is 0 Å². The number of amides is 1. The molecular weight excluding hydrogens is 418 g/mol. The molecule has 1 aromatic heterocycles. The van der Waals surface area contributed by atoms with Gasteiger partial charge in [0.2, 0.25) is 5.91 Å². The minimum atomic E-state index is -3.22. The van der Waals surface area contributed by atoms with Crippen LogP contribution in [0, 0.1) is 0 Å². The van der Waals surface area contributed by atoms with Gasteiger partial charge >= 0.3 is 0 Å². The molecular formula is C22H25N3O3S2. The molecule has 1 fully saturated rings. The molecule has 0 N–H and O–H groups in total. The number of hydrogen-bond acceptors (Lipinski definition) is 6. The summed E-state index contributed by atoms with van der Waals surface area (Å²) in [5, 5.41) is 1.02. The molecule has 0 radical (unpaired) electrons. The number of hydrogen-bond donors (Lipinski definition) is 0. The minimum absolute atomic E-state index is 0.0688. The van der Waals surface area contributed by atoms with Gasteiger partial charge in [-0.25, -0.2) is 13.4 Å². The number of rotatable bonds is 5. The van der Waals surface area contributed by atoms with Crippen molar-refractivity contribution in [1.82, 2.24) is 9.88 Å². The summed E-state index contributed by atoms with van der Waals surface area (Å²) < 4.78 is 24.3. The number of sulfone groups is 1. The van der Waals surface area contributed by atoms with Crippen molar-refractivity contribution in [3.8, 4) is 0 Å². The summed E-state index contributed by atoms with van der Waals surface area (Å²) in [5.41, 5.74) is 3.19. The van der Waals surface area contributed by atoms with Crippen molar-refractivity contribution in [2.45, 2.75) is 24.7 Å². The predicted molar refractivity (Wildman–Crippen MR) is 121 cm³/mol. The van der Waals surface area contributed by atoms with Crippen molar-refractivity contribution >= 4 is 42.4 Å².